The van der Waals surface area contributed by atoms with E-state index in [1.807, 2.05) is 53.2 Å². The Morgan fingerprint density at radius 2 is 0.714 bits per heavy atom. The monoisotopic (exact) mass is 1300 g/mol. The van der Waals surface area contributed by atoms with Crippen LogP contribution in [0.25, 0.3) is 54.4 Å². The first kappa shape index (κ1) is 62.1. The average molecular weight is 1300 g/mol. The van der Waals surface area contributed by atoms with Crippen LogP contribution < -0.4 is 135 Å². The van der Waals surface area contributed by atoms with Gasteiger partial charge in [0.15, 0.2) is 45.0 Å². The third-order valence-corrected chi connectivity index (χ3v) is 21.7. The van der Waals surface area contributed by atoms with Crippen LogP contribution in [0, 0.1) is 18.2 Å². The molecule has 38 heteroatoms. The zero-order valence-corrected chi connectivity index (χ0v) is 53.7. The molecule has 0 saturated heterocycles. The molecule has 18 heterocycles. The first-order valence-electron chi connectivity index (χ1n) is 28.0. The van der Waals surface area contributed by atoms with E-state index in [1.165, 1.54) is 48.5 Å². The van der Waals surface area contributed by atoms with Gasteiger partial charge in [-0.1, -0.05) is 61.5 Å². The largest absolute Gasteiger partial charge is 1.00 e. The van der Waals surface area contributed by atoms with Crippen molar-refractivity contribution in [2.45, 2.75) is 26.5 Å². The fraction of sp³-hybridized carbons (Fsp3) is 0.0333. The van der Waals surface area contributed by atoms with Gasteiger partial charge in [0.1, 0.15) is 30.4 Å². The number of rotatable bonds is 3. The van der Waals surface area contributed by atoms with Crippen LogP contribution in [0.3, 0.4) is 0 Å². The molecule has 12 aromatic rings. The number of aromatic nitrogens is 8. The van der Waals surface area contributed by atoms with Gasteiger partial charge in [-0.15, -0.1) is 13.7 Å². The summed E-state index contributed by atoms with van der Waals surface area (Å²) in [4.78, 5) is 63.0. The molecule has 12 aliphatic heterocycles. The smallest absolute Gasteiger partial charge is 0.744 e. The third kappa shape index (κ3) is 6.55. The minimum Gasteiger partial charge on any atom is -0.744 e. The number of benzene rings is 6. The molecule has 0 fully saturated rings. The quantitative estimate of drug-likeness (QED) is 0.0688. The normalized spacial score (nSPS) is 19.4. The SMILES string of the molecule is O=S(=O)([O-])c1ccc2c(c1)C1=[N+]3C2=Nc2c4cc(S(=O)(=O)[O-])ccc4c4n2C32n3c(c5cc[c-]cc5c3=NC3=[N+]2C(=N4)c2nc4nc5c(nc4nc23)C2=[N+]3C5=Nc4c5cc(S(=O)(=O)[O-])ccc5c5n4C34n3c(c6c[c-]ccc6c3=N2)=NC2=[N+]4C(=N5)c3c[c-]ccc32)=N1.[Li+].[Li+].[Li+].[Li+].[Li+].[Li+]. The molecule has 2 unspecified atom stereocenters. The maximum atomic E-state index is 12.9. The van der Waals surface area contributed by atoms with Gasteiger partial charge in [0, 0.05) is 21.5 Å². The molecule has 2 spiro atoms. The molecule has 6 aromatic heterocycles. The minimum atomic E-state index is -5.04. The van der Waals surface area contributed by atoms with Crippen LogP contribution >= 0.6 is 0 Å². The summed E-state index contributed by atoms with van der Waals surface area (Å²) in [7, 11) is -15.1. The fourth-order valence-electron chi connectivity index (χ4n) is 15.8. The molecule has 6 aromatic carbocycles. The van der Waals surface area contributed by atoms with E-state index in [1.54, 1.807) is 44.0 Å². The Morgan fingerprint density at radius 3 is 1.20 bits per heavy atom. The van der Waals surface area contributed by atoms with Crippen molar-refractivity contribution in [2.24, 2.45) is 39.9 Å². The molecule has 432 valence electrons. The Morgan fingerprint density at radius 1 is 0.337 bits per heavy atom. The number of aliphatic imine (C=N–C) groups is 4. The summed E-state index contributed by atoms with van der Waals surface area (Å²) in [5, 5.41) is 4.02. The summed E-state index contributed by atoms with van der Waals surface area (Å²) in [5.41, 5.74) is 4.61. The van der Waals surface area contributed by atoms with Crippen LogP contribution in [-0.4, -0.2) is 142 Å². The summed E-state index contributed by atoms with van der Waals surface area (Å²) < 4.78 is 131. The molecule has 0 N–H and O–H groups in total. The van der Waals surface area contributed by atoms with E-state index < -0.39 is 56.9 Å². The minimum absolute atomic E-state index is 0. The Labute approximate surface area is 618 Å². The molecule has 0 aliphatic carbocycles. The van der Waals surface area contributed by atoms with Gasteiger partial charge in [0.2, 0.25) is 40.1 Å². The van der Waals surface area contributed by atoms with Crippen molar-refractivity contribution in [3.8, 4) is 0 Å². The van der Waals surface area contributed by atoms with Gasteiger partial charge < -0.3 is 13.7 Å². The van der Waals surface area contributed by atoms with Gasteiger partial charge in [-0.25, -0.2) is 54.3 Å². The predicted octanol–water partition coefficient (Wildman–Crippen LogP) is -17.4. The van der Waals surface area contributed by atoms with Gasteiger partial charge in [-0.2, -0.15) is 86.5 Å². The fourth-order valence-corrected chi connectivity index (χ4v) is 17.3. The second kappa shape index (κ2) is 19.0. The molecule has 0 bridgehead atoms. The van der Waals surface area contributed by atoms with Gasteiger partial charge in [-0.3, -0.25) is 0 Å². The van der Waals surface area contributed by atoms with E-state index in [-0.39, 0.29) is 205 Å². The zero-order valence-electron chi connectivity index (χ0n) is 51.2. The molecule has 0 radical (unpaired) electrons. The first-order chi connectivity index (χ1) is 44.5. The molecule has 2 atom stereocenters. The van der Waals surface area contributed by atoms with E-state index in [2.05, 4.69) is 18.2 Å². The van der Waals surface area contributed by atoms with Crippen molar-refractivity contribution in [1.82, 2.24) is 38.2 Å². The Balaban J connectivity index is 0.00000116. The molecule has 0 amide bonds. The molecular weight excluding hydrogens is 1280 g/mol. The Bertz CT molecular complexity index is 7200. The number of fused-ring (bicyclic) bond motifs is 25. The van der Waals surface area contributed by atoms with E-state index in [9.17, 15) is 38.9 Å². The van der Waals surface area contributed by atoms with Crippen LogP contribution in [0.4, 0.5) is 23.3 Å². The van der Waals surface area contributed by atoms with Crippen molar-refractivity contribution < 1.29 is 170 Å². The molecule has 98 heavy (non-hydrogen) atoms. The van der Waals surface area contributed by atoms with Crippen molar-refractivity contribution in [2.75, 3.05) is 0 Å². The summed E-state index contributed by atoms with van der Waals surface area (Å²) >= 11 is 0. The van der Waals surface area contributed by atoms with Crippen LogP contribution in [0.15, 0.2) is 164 Å². The van der Waals surface area contributed by atoms with E-state index in [0.717, 1.165) is 10.9 Å². The summed E-state index contributed by atoms with van der Waals surface area (Å²) in [6, 6.07) is 38.0. The number of amidine groups is 8. The van der Waals surface area contributed by atoms with Gasteiger partial charge in [0.05, 0.1) is 25.8 Å². The van der Waals surface area contributed by atoms with Gasteiger partial charge >= 0.3 is 125 Å². The second-order valence-corrected chi connectivity index (χ2v) is 27.5. The molecule has 24 rings (SSSR count). The maximum Gasteiger partial charge on any atom is 1.00 e. The number of hydrogen-bond acceptors (Lipinski definition) is 21. The molecule has 29 nitrogen and oxygen atoms in total. The van der Waals surface area contributed by atoms with Crippen molar-refractivity contribution >= 4 is 155 Å². The van der Waals surface area contributed by atoms with Crippen molar-refractivity contribution in [3.63, 3.8) is 0 Å². The third-order valence-electron chi connectivity index (χ3n) is 19.2. The topological polar surface area (TPSA) is 354 Å². The first-order valence-corrected chi connectivity index (χ1v) is 32.2. The van der Waals surface area contributed by atoms with Crippen LogP contribution in [-0.2, 0) is 42.2 Å². The summed E-state index contributed by atoms with van der Waals surface area (Å²) in [6.45, 7) is 0. The van der Waals surface area contributed by atoms with E-state index >= 15 is 0 Å². The van der Waals surface area contributed by atoms with E-state index in [4.69, 9.17) is 59.9 Å². The summed E-state index contributed by atoms with van der Waals surface area (Å²) in [6.07, 6.45) is 0. The van der Waals surface area contributed by atoms with Gasteiger partial charge in [-0.05, 0) is 65.7 Å². The average Bonchev–Trinajstić information content (AvgIpc) is 1.46. The zero-order chi connectivity index (χ0) is 60.8. The van der Waals surface area contributed by atoms with Gasteiger partial charge in [0.25, 0.3) is 40.8 Å². The second-order valence-electron chi connectivity index (χ2n) is 23.3. The van der Waals surface area contributed by atoms with Crippen LogP contribution in [0.5, 0.6) is 0 Å². The number of nitrogens with zero attached hydrogens (tertiary/aromatic N) is 20. The molecular formula is C60H18Li6N20O9S3+4. The van der Waals surface area contributed by atoms with E-state index in [0.29, 0.717) is 88.7 Å². The van der Waals surface area contributed by atoms with Crippen LogP contribution in [0.2, 0.25) is 0 Å². The number of hydrogen-bond donors (Lipinski definition) is 0. The Kier molecular flexibility index (Phi) is 12.0. The molecule has 12 aliphatic rings. The predicted molar refractivity (Wildman–Crippen MR) is 310 cm³/mol. The standard InChI is InChI=1S/C60H20N20O9S3.6Li/c81-90(82,83)22-13-16-31-34(19-22)52-67-46-28-10-4-6-12-30(28)48-70-55-37-38(57-71-51-33-18-15-23(91(84,85)86)20-35(33)53-68-50(31)76(52)60(75(46)48,78(51)53)79(55)57)62-42-41(61-37)63-39-40(64-42)58-72-54-36-21-24(92(87,88)89)14-17-32(36)49-66-45-26-8-2-1-7-25(26)43-65-44-27-9-3-5-11-29(27)47-69-56(39)80(58)59(73(43)45,74(44)47)77(49)54;;;;;;/h1,4-5,7-21H,(H2-,81,82,83,84,85,86,87,88,89);;;;;;/q;6*+1/p-2. The van der Waals surface area contributed by atoms with Crippen LogP contribution in [0.1, 0.15) is 45.0 Å². The summed E-state index contributed by atoms with van der Waals surface area (Å²) in [5.74, 6) is -0.153. The Hall–Kier alpha value is -8.23. The van der Waals surface area contributed by atoms with Crippen molar-refractivity contribution in [3.05, 3.63) is 194 Å². The maximum absolute atomic E-state index is 12.9. The van der Waals surface area contributed by atoms with Crippen molar-refractivity contribution in [1.29, 1.82) is 0 Å². The molecule has 0 saturated carbocycles.